The van der Waals surface area contributed by atoms with Crippen LogP contribution in [0.25, 0.3) is 0 Å². The third-order valence-corrected chi connectivity index (χ3v) is 3.04. The van der Waals surface area contributed by atoms with Gasteiger partial charge < -0.3 is 10.1 Å². The van der Waals surface area contributed by atoms with E-state index in [1.807, 2.05) is 6.92 Å². The van der Waals surface area contributed by atoms with Crippen molar-refractivity contribution < 1.29 is 9.53 Å². The number of carbonyl (C=O) groups is 1. The van der Waals surface area contributed by atoms with E-state index in [1.165, 1.54) is 11.3 Å². The summed E-state index contributed by atoms with van der Waals surface area (Å²) in [4.78, 5) is 12.1. The van der Waals surface area contributed by atoms with Crippen LogP contribution in [0.4, 0.5) is 0 Å². The van der Waals surface area contributed by atoms with E-state index in [9.17, 15) is 4.79 Å². The van der Waals surface area contributed by atoms with E-state index in [0.29, 0.717) is 29.7 Å². The Balaban J connectivity index is 2.21. The summed E-state index contributed by atoms with van der Waals surface area (Å²) in [5, 5.41) is 5.01. The minimum absolute atomic E-state index is 0.154. The molecule has 5 heteroatoms. The molecule has 1 aromatic rings. The summed E-state index contributed by atoms with van der Waals surface area (Å²) in [6, 6.07) is 1.71. The van der Waals surface area contributed by atoms with Gasteiger partial charge in [0, 0.05) is 6.54 Å². The fourth-order valence-corrected chi connectivity index (χ4v) is 2.08. The van der Waals surface area contributed by atoms with Crippen LogP contribution in [0, 0.1) is 0 Å². The number of halogens is 1. The second kappa shape index (κ2) is 6.68. The van der Waals surface area contributed by atoms with Gasteiger partial charge in [0.2, 0.25) is 0 Å². The molecule has 1 N–H and O–H groups in total. The van der Waals surface area contributed by atoms with Gasteiger partial charge in [0.15, 0.2) is 0 Å². The molecule has 1 amide bonds. The highest BCUT2D eigenvalue weighted by molar-refractivity contribution is 7.12. The van der Waals surface area contributed by atoms with Crippen molar-refractivity contribution in [3.63, 3.8) is 0 Å². The standard InChI is InChI=1S/C11H14ClNO2S/c1-8(2)7-15-5-4-13-11(14)10-9(12)3-6-16-10/h3,6H,1,4-5,7H2,2H3,(H,13,14). The lowest BCUT2D eigenvalue weighted by Gasteiger charge is -2.05. The molecule has 0 aliphatic carbocycles. The predicted molar refractivity (Wildman–Crippen MR) is 67.3 cm³/mol. The highest BCUT2D eigenvalue weighted by Crippen LogP contribution is 2.21. The molecule has 1 heterocycles. The molecule has 0 saturated heterocycles. The van der Waals surface area contributed by atoms with E-state index < -0.39 is 0 Å². The normalized spacial score (nSPS) is 10.1. The smallest absolute Gasteiger partial charge is 0.262 e. The van der Waals surface area contributed by atoms with Crippen molar-refractivity contribution in [1.29, 1.82) is 0 Å². The first-order valence-corrected chi connectivity index (χ1v) is 6.10. The maximum Gasteiger partial charge on any atom is 0.262 e. The van der Waals surface area contributed by atoms with Gasteiger partial charge >= 0.3 is 0 Å². The molecule has 0 bridgehead atoms. The van der Waals surface area contributed by atoms with Crippen LogP contribution in [-0.4, -0.2) is 25.7 Å². The van der Waals surface area contributed by atoms with Gasteiger partial charge in [-0.2, -0.15) is 0 Å². The van der Waals surface area contributed by atoms with Gasteiger partial charge in [0.25, 0.3) is 5.91 Å². The van der Waals surface area contributed by atoms with Crippen molar-refractivity contribution in [3.05, 3.63) is 33.5 Å². The third-order valence-electron chi connectivity index (χ3n) is 1.70. The molecule has 0 saturated carbocycles. The lowest BCUT2D eigenvalue weighted by molar-refractivity contribution is 0.0931. The fourth-order valence-electron chi connectivity index (χ4n) is 1.02. The minimum Gasteiger partial charge on any atom is -0.375 e. The molecule has 0 aliphatic rings. The summed E-state index contributed by atoms with van der Waals surface area (Å²) < 4.78 is 5.25. The van der Waals surface area contributed by atoms with E-state index in [0.717, 1.165) is 5.57 Å². The van der Waals surface area contributed by atoms with Gasteiger partial charge in [-0.3, -0.25) is 4.79 Å². The van der Waals surface area contributed by atoms with Gasteiger partial charge in [-0.15, -0.1) is 11.3 Å². The monoisotopic (exact) mass is 259 g/mol. The highest BCUT2D eigenvalue weighted by atomic mass is 35.5. The summed E-state index contributed by atoms with van der Waals surface area (Å²) in [7, 11) is 0. The largest absolute Gasteiger partial charge is 0.375 e. The number of hydrogen-bond acceptors (Lipinski definition) is 3. The van der Waals surface area contributed by atoms with Crippen molar-refractivity contribution in [2.75, 3.05) is 19.8 Å². The molecule has 0 atom stereocenters. The van der Waals surface area contributed by atoms with Crippen LogP contribution >= 0.6 is 22.9 Å². The first-order chi connectivity index (χ1) is 7.61. The lowest BCUT2D eigenvalue weighted by Crippen LogP contribution is -2.26. The lowest BCUT2D eigenvalue weighted by atomic mass is 10.4. The molecule has 3 nitrogen and oxygen atoms in total. The van der Waals surface area contributed by atoms with E-state index in [1.54, 1.807) is 11.4 Å². The molecular weight excluding hydrogens is 246 g/mol. The Morgan fingerprint density at radius 3 is 3.00 bits per heavy atom. The Bertz CT molecular complexity index is 376. The SMILES string of the molecule is C=C(C)COCCNC(=O)c1sccc1Cl. The van der Waals surface area contributed by atoms with Gasteiger partial charge in [-0.1, -0.05) is 23.8 Å². The molecule has 0 radical (unpaired) electrons. The van der Waals surface area contributed by atoms with Crippen LogP contribution in [0.5, 0.6) is 0 Å². The number of ether oxygens (including phenoxy) is 1. The summed E-state index contributed by atoms with van der Waals surface area (Å²) in [6.07, 6.45) is 0. The van der Waals surface area contributed by atoms with Gasteiger partial charge in [-0.05, 0) is 18.4 Å². The number of hydrogen-bond donors (Lipinski definition) is 1. The Morgan fingerprint density at radius 2 is 2.44 bits per heavy atom. The number of thiophene rings is 1. The maximum absolute atomic E-state index is 11.6. The van der Waals surface area contributed by atoms with Crippen molar-refractivity contribution in [2.24, 2.45) is 0 Å². The van der Waals surface area contributed by atoms with E-state index >= 15 is 0 Å². The van der Waals surface area contributed by atoms with Crippen LogP contribution < -0.4 is 5.32 Å². The van der Waals surface area contributed by atoms with E-state index in [2.05, 4.69) is 11.9 Å². The molecule has 0 aliphatic heterocycles. The van der Waals surface area contributed by atoms with Crippen LogP contribution in [0.1, 0.15) is 16.6 Å². The van der Waals surface area contributed by atoms with Gasteiger partial charge in [0.05, 0.1) is 18.2 Å². The third kappa shape index (κ3) is 4.35. The number of carbonyl (C=O) groups excluding carboxylic acids is 1. The Labute approximate surface area is 104 Å². The van der Waals surface area contributed by atoms with Crippen LogP contribution in [0.3, 0.4) is 0 Å². The Morgan fingerprint density at radius 1 is 1.69 bits per heavy atom. The average molecular weight is 260 g/mol. The number of rotatable bonds is 6. The number of nitrogens with one attached hydrogen (secondary N) is 1. The fraction of sp³-hybridized carbons (Fsp3) is 0.364. The van der Waals surface area contributed by atoms with E-state index in [4.69, 9.17) is 16.3 Å². The van der Waals surface area contributed by atoms with Crippen molar-refractivity contribution in [2.45, 2.75) is 6.92 Å². The summed E-state index contributed by atoms with van der Waals surface area (Å²) >= 11 is 7.15. The average Bonchev–Trinajstić information content (AvgIpc) is 2.63. The maximum atomic E-state index is 11.6. The molecular formula is C11H14ClNO2S. The number of amides is 1. The topological polar surface area (TPSA) is 38.3 Å². The zero-order valence-corrected chi connectivity index (χ0v) is 10.7. The van der Waals surface area contributed by atoms with Crippen molar-refractivity contribution in [1.82, 2.24) is 5.32 Å². The van der Waals surface area contributed by atoms with Crippen molar-refractivity contribution >= 4 is 28.8 Å². The molecule has 0 unspecified atom stereocenters. The molecule has 1 aromatic heterocycles. The quantitative estimate of drug-likeness (QED) is 0.630. The predicted octanol–water partition coefficient (Wildman–Crippen LogP) is 2.72. The highest BCUT2D eigenvalue weighted by Gasteiger charge is 2.10. The summed E-state index contributed by atoms with van der Waals surface area (Å²) in [5.41, 5.74) is 0.965. The summed E-state index contributed by atoms with van der Waals surface area (Å²) in [6.45, 7) is 7.07. The zero-order valence-electron chi connectivity index (χ0n) is 9.09. The Hall–Kier alpha value is -0.840. The van der Waals surface area contributed by atoms with Crippen LogP contribution in [0.15, 0.2) is 23.6 Å². The molecule has 0 fully saturated rings. The molecule has 88 valence electrons. The molecule has 0 aromatic carbocycles. The van der Waals surface area contributed by atoms with Gasteiger partial charge in [0.1, 0.15) is 4.88 Å². The first kappa shape index (κ1) is 13.2. The Kier molecular flexibility index (Phi) is 5.52. The van der Waals surface area contributed by atoms with Crippen LogP contribution in [0.2, 0.25) is 5.02 Å². The molecule has 16 heavy (non-hydrogen) atoms. The summed E-state index contributed by atoms with van der Waals surface area (Å²) in [5.74, 6) is -0.154. The van der Waals surface area contributed by atoms with Gasteiger partial charge in [-0.25, -0.2) is 0 Å². The second-order valence-corrected chi connectivity index (χ2v) is 4.69. The van der Waals surface area contributed by atoms with E-state index in [-0.39, 0.29) is 5.91 Å². The first-order valence-electron chi connectivity index (χ1n) is 4.84. The van der Waals surface area contributed by atoms with Crippen molar-refractivity contribution in [3.8, 4) is 0 Å². The second-order valence-electron chi connectivity index (χ2n) is 3.36. The molecule has 0 spiro atoms. The van der Waals surface area contributed by atoms with Crippen LogP contribution in [-0.2, 0) is 4.74 Å². The minimum atomic E-state index is -0.154. The molecule has 1 rings (SSSR count). The zero-order chi connectivity index (χ0) is 12.0.